The van der Waals surface area contributed by atoms with E-state index in [4.69, 9.17) is 4.42 Å². The molecule has 0 saturated heterocycles. The monoisotopic (exact) mass is 445 g/mol. The van der Waals surface area contributed by atoms with Gasteiger partial charge in [0.15, 0.2) is 0 Å². The van der Waals surface area contributed by atoms with Crippen molar-refractivity contribution in [3.8, 4) is 0 Å². The molecule has 1 amide bonds. The van der Waals surface area contributed by atoms with Crippen molar-refractivity contribution in [1.29, 1.82) is 0 Å². The van der Waals surface area contributed by atoms with Crippen molar-refractivity contribution >= 4 is 16.9 Å². The number of unbranched alkanes of at least 4 members (excludes halogenated alkanes) is 1. The number of carbonyl (C=O) groups is 1. The summed E-state index contributed by atoms with van der Waals surface area (Å²) in [5.74, 6) is 1.88. The molecule has 0 aliphatic rings. The van der Waals surface area contributed by atoms with Crippen LogP contribution in [0.1, 0.15) is 67.4 Å². The number of H-pyrrole nitrogens is 1. The number of nitrogens with one attached hydrogen (secondary N) is 2. The van der Waals surface area contributed by atoms with Crippen molar-refractivity contribution in [1.82, 2.24) is 25.5 Å². The van der Waals surface area contributed by atoms with Crippen LogP contribution in [0.2, 0.25) is 0 Å². The summed E-state index contributed by atoms with van der Waals surface area (Å²) < 4.78 is 5.73. The van der Waals surface area contributed by atoms with Crippen LogP contribution in [0.15, 0.2) is 52.9 Å². The molecule has 1 unspecified atom stereocenters. The Morgan fingerprint density at radius 1 is 1.03 bits per heavy atom. The lowest BCUT2D eigenvalue weighted by atomic mass is 10.1. The molecule has 4 aromatic rings. The second kappa shape index (κ2) is 10.9. The molecule has 0 bridgehead atoms. The van der Waals surface area contributed by atoms with Crippen LogP contribution in [0.3, 0.4) is 0 Å². The third-order valence-electron chi connectivity index (χ3n) is 5.75. The van der Waals surface area contributed by atoms with Crippen LogP contribution >= 0.6 is 0 Å². The second-order valence-corrected chi connectivity index (χ2v) is 8.45. The van der Waals surface area contributed by atoms with E-state index in [0.717, 1.165) is 49.0 Å². The quantitative estimate of drug-likeness (QED) is 0.316. The molecule has 2 N–H and O–H groups in total. The number of aromatic nitrogens is 4. The first kappa shape index (κ1) is 22.7. The van der Waals surface area contributed by atoms with Gasteiger partial charge in [0, 0.05) is 19.3 Å². The molecule has 1 atom stereocenters. The molecule has 0 spiro atoms. The number of hydrogen-bond donors (Lipinski definition) is 2. The van der Waals surface area contributed by atoms with Crippen molar-refractivity contribution in [3.63, 3.8) is 0 Å². The van der Waals surface area contributed by atoms with E-state index >= 15 is 0 Å². The number of carbonyl (C=O) groups excluding carboxylic acids is 1. The smallest absolute Gasteiger partial charge is 0.221 e. The molecule has 33 heavy (non-hydrogen) atoms. The number of fused-ring (bicyclic) bond motifs is 1. The zero-order valence-corrected chi connectivity index (χ0v) is 19.3. The van der Waals surface area contributed by atoms with E-state index in [1.165, 1.54) is 11.1 Å². The van der Waals surface area contributed by atoms with Crippen LogP contribution in [0.5, 0.6) is 0 Å². The minimum absolute atomic E-state index is 0.0545. The minimum Gasteiger partial charge on any atom is -0.425 e. The van der Waals surface area contributed by atoms with E-state index in [2.05, 4.69) is 55.8 Å². The molecule has 172 valence electrons. The fourth-order valence-electron chi connectivity index (χ4n) is 3.90. The Morgan fingerprint density at radius 3 is 2.58 bits per heavy atom. The van der Waals surface area contributed by atoms with Crippen LogP contribution in [0, 0.1) is 6.92 Å². The number of imidazole rings is 1. The number of amides is 1. The van der Waals surface area contributed by atoms with E-state index in [1.807, 2.05) is 32.0 Å². The summed E-state index contributed by atoms with van der Waals surface area (Å²) in [4.78, 5) is 20.5. The fraction of sp³-hybridized carbons (Fsp3) is 0.385. The van der Waals surface area contributed by atoms with Gasteiger partial charge in [-0.2, -0.15) is 0 Å². The zero-order chi connectivity index (χ0) is 23.0. The first-order chi connectivity index (χ1) is 16.1. The maximum Gasteiger partial charge on any atom is 0.221 e. The van der Waals surface area contributed by atoms with Crippen molar-refractivity contribution in [2.45, 2.75) is 64.8 Å². The Morgan fingerprint density at radius 2 is 1.79 bits per heavy atom. The topological polar surface area (TPSA) is 96.7 Å². The van der Waals surface area contributed by atoms with Gasteiger partial charge in [0.05, 0.1) is 17.1 Å². The molecule has 0 aliphatic heterocycles. The third kappa shape index (κ3) is 6.28. The van der Waals surface area contributed by atoms with E-state index in [-0.39, 0.29) is 11.9 Å². The lowest BCUT2D eigenvalue weighted by molar-refractivity contribution is -0.122. The maximum atomic E-state index is 12.5. The number of rotatable bonds is 11. The van der Waals surface area contributed by atoms with Gasteiger partial charge in [-0.25, -0.2) is 4.98 Å². The van der Waals surface area contributed by atoms with Crippen LogP contribution in [-0.2, 0) is 24.1 Å². The summed E-state index contributed by atoms with van der Waals surface area (Å²) in [7, 11) is 0. The van der Waals surface area contributed by atoms with Crippen molar-refractivity contribution in [3.05, 3.63) is 77.3 Å². The van der Waals surface area contributed by atoms with Crippen LogP contribution in [-0.4, -0.2) is 26.1 Å². The zero-order valence-electron chi connectivity index (χ0n) is 19.3. The Balaban J connectivity index is 1.22. The van der Waals surface area contributed by atoms with Crippen LogP contribution < -0.4 is 5.32 Å². The molecule has 2 aromatic carbocycles. The van der Waals surface area contributed by atoms with Gasteiger partial charge in [-0.05, 0) is 55.9 Å². The summed E-state index contributed by atoms with van der Waals surface area (Å²) in [5, 5.41) is 11.3. The standard InChI is InChI=1S/C26H31N5O2/c1-3-20(26-28-21-14-13-18(2)17-22(21)29-26)27-23(32)15-16-25-31-30-24(33-25)12-8-7-11-19-9-5-4-6-10-19/h4-6,9-10,13-14,17,20H,3,7-8,11-12,15-16H2,1-2H3,(H,27,32)(H,28,29). The molecule has 7 heteroatoms. The maximum absolute atomic E-state index is 12.5. The van der Waals surface area contributed by atoms with Gasteiger partial charge in [-0.1, -0.05) is 43.3 Å². The molecule has 7 nitrogen and oxygen atoms in total. The van der Waals surface area contributed by atoms with Gasteiger partial charge in [-0.3, -0.25) is 4.79 Å². The first-order valence-corrected chi connectivity index (χ1v) is 11.7. The van der Waals surface area contributed by atoms with Gasteiger partial charge in [-0.15, -0.1) is 10.2 Å². The van der Waals surface area contributed by atoms with E-state index in [1.54, 1.807) is 0 Å². The molecule has 0 fully saturated rings. The van der Waals surface area contributed by atoms with Gasteiger partial charge < -0.3 is 14.7 Å². The predicted molar refractivity (Wildman–Crippen MR) is 128 cm³/mol. The number of hydrogen-bond acceptors (Lipinski definition) is 5. The van der Waals surface area contributed by atoms with Gasteiger partial charge in [0.2, 0.25) is 17.7 Å². The lowest BCUT2D eigenvalue weighted by Crippen LogP contribution is -2.29. The average Bonchev–Trinajstić information content (AvgIpc) is 3.46. The first-order valence-electron chi connectivity index (χ1n) is 11.7. The Bertz CT molecular complexity index is 1180. The summed E-state index contributed by atoms with van der Waals surface area (Å²) in [6.45, 7) is 4.08. The predicted octanol–water partition coefficient (Wildman–Crippen LogP) is 5.02. The largest absolute Gasteiger partial charge is 0.425 e. The number of aromatic amines is 1. The molecule has 0 aliphatic carbocycles. The minimum atomic E-state index is -0.159. The summed E-state index contributed by atoms with van der Waals surface area (Å²) in [6, 6.07) is 16.4. The van der Waals surface area contributed by atoms with Crippen molar-refractivity contribution < 1.29 is 9.21 Å². The molecule has 2 aromatic heterocycles. The average molecular weight is 446 g/mol. The summed E-state index contributed by atoms with van der Waals surface area (Å²) >= 11 is 0. The van der Waals surface area contributed by atoms with Crippen LogP contribution in [0.25, 0.3) is 11.0 Å². The summed E-state index contributed by atoms with van der Waals surface area (Å²) in [5.41, 5.74) is 4.41. The van der Waals surface area contributed by atoms with Crippen molar-refractivity contribution in [2.75, 3.05) is 0 Å². The molecule has 0 saturated carbocycles. The number of aryl methyl sites for hydroxylation is 4. The highest BCUT2D eigenvalue weighted by Crippen LogP contribution is 2.20. The van der Waals surface area contributed by atoms with Gasteiger partial charge in [0.25, 0.3) is 0 Å². The molecular formula is C26H31N5O2. The van der Waals surface area contributed by atoms with Gasteiger partial charge in [0.1, 0.15) is 5.82 Å². The Hall–Kier alpha value is -3.48. The SMILES string of the molecule is CCC(NC(=O)CCc1nnc(CCCCc2ccccc2)o1)c1nc2ccc(C)cc2[nH]1. The second-order valence-electron chi connectivity index (χ2n) is 8.45. The molecule has 4 rings (SSSR count). The lowest BCUT2D eigenvalue weighted by Gasteiger charge is -2.14. The van der Waals surface area contributed by atoms with E-state index in [0.29, 0.717) is 24.6 Å². The normalized spacial score (nSPS) is 12.2. The third-order valence-corrected chi connectivity index (χ3v) is 5.75. The number of nitrogens with zero attached hydrogens (tertiary/aromatic N) is 3. The number of benzene rings is 2. The van der Waals surface area contributed by atoms with Crippen molar-refractivity contribution in [2.24, 2.45) is 0 Å². The molecule has 0 radical (unpaired) electrons. The highest BCUT2D eigenvalue weighted by atomic mass is 16.4. The Kier molecular flexibility index (Phi) is 7.50. The van der Waals surface area contributed by atoms with E-state index in [9.17, 15) is 4.79 Å². The van der Waals surface area contributed by atoms with Crippen LogP contribution in [0.4, 0.5) is 0 Å². The molecular weight excluding hydrogens is 414 g/mol. The van der Waals surface area contributed by atoms with E-state index < -0.39 is 0 Å². The highest BCUT2D eigenvalue weighted by molar-refractivity contribution is 5.78. The summed E-state index contributed by atoms with van der Waals surface area (Å²) in [6.07, 6.45) is 5.35. The highest BCUT2D eigenvalue weighted by Gasteiger charge is 2.17. The fourth-order valence-corrected chi connectivity index (χ4v) is 3.90. The molecule has 2 heterocycles. The Labute approximate surface area is 194 Å². The van der Waals surface area contributed by atoms with Gasteiger partial charge >= 0.3 is 0 Å².